The van der Waals surface area contributed by atoms with Crippen molar-refractivity contribution in [2.24, 2.45) is 0 Å². The summed E-state index contributed by atoms with van der Waals surface area (Å²) in [6.45, 7) is 2.72. The number of hydrogen-bond donors (Lipinski definition) is 2. The van der Waals surface area contributed by atoms with Gasteiger partial charge in [0.25, 0.3) is 0 Å². The fourth-order valence-corrected chi connectivity index (χ4v) is 3.19. The van der Waals surface area contributed by atoms with Gasteiger partial charge in [-0.3, -0.25) is 0 Å². The molecule has 0 spiro atoms. The van der Waals surface area contributed by atoms with Crippen LogP contribution in [0.15, 0.2) is 24.3 Å². The lowest BCUT2D eigenvalue weighted by Crippen LogP contribution is -2.35. The van der Waals surface area contributed by atoms with E-state index in [1.807, 2.05) is 25.9 Å². The molecule has 0 fully saturated rings. The average molecular weight is 285 g/mol. The molecule has 1 aromatic rings. The largest absolute Gasteiger partial charge is 0.399 e. The molecule has 0 saturated heterocycles. The maximum atomic E-state index is 12.0. The van der Waals surface area contributed by atoms with Crippen LogP contribution in [-0.2, 0) is 15.8 Å². The number of benzene rings is 1. The second kappa shape index (κ2) is 6.88. The van der Waals surface area contributed by atoms with Crippen molar-refractivity contribution in [2.75, 3.05) is 26.4 Å². The van der Waals surface area contributed by atoms with Crippen molar-refractivity contribution in [3.05, 3.63) is 29.8 Å². The van der Waals surface area contributed by atoms with E-state index in [0.717, 1.165) is 13.0 Å². The van der Waals surface area contributed by atoms with E-state index in [1.54, 1.807) is 24.3 Å². The summed E-state index contributed by atoms with van der Waals surface area (Å²) < 4.78 is 26.7. The number of rotatable bonds is 7. The van der Waals surface area contributed by atoms with Gasteiger partial charge in [-0.25, -0.2) is 13.1 Å². The summed E-state index contributed by atoms with van der Waals surface area (Å²) in [6, 6.07) is 6.87. The van der Waals surface area contributed by atoms with Crippen molar-refractivity contribution >= 4 is 15.7 Å². The monoisotopic (exact) mass is 285 g/mol. The first-order valence-electron chi connectivity index (χ1n) is 6.27. The van der Waals surface area contributed by atoms with Crippen molar-refractivity contribution in [1.29, 1.82) is 0 Å². The first-order chi connectivity index (χ1) is 8.78. The lowest BCUT2D eigenvalue weighted by atomic mass is 10.2. The first-order valence-corrected chi connectivity index (χ1v) is 7.93. The Morgan fingerprint density at radius 1 is 1.37 bits per heavy atom. The minimum Gasteiger partial charge on any atom is -0.399 e. The van der Waals surface area contributed by atoms with Crippen LogP contribution in [0.5, 0.6) is 0 Å². The number of sulfonamides is 1. The summed E-state index contributed by atoms with van der Waals surface area (Å²) in [7, 11) is 0.610. The van der Waals surface area contributed by atoms with E-state index in [1.165, 1.54) is 0 Å². The molecular formula is C13H23N3O2S. The summed E-state index contributed by atoms with van der Waals surface area (Å²) in [4.78, 5) is 2.03. The molecule has 0 radical (unpaired) electrons. The molecular weight excluding hydrogens is 262 g/mol. The van der Waals surface area contributed by atoms with Crippen LogP contribution in [-0.4, -0.2) is 40.0 Å². The highest BCUT2D eigenvalue weighted by molar-refractivity contribution is 7.88. The third kappa shape index (κ3) is 6.56. The molecule has 0 aliphatic rings. The van der Waals surface area contributed by atoms with Gasteiger partial charge in [0.1, 0.15) is 0 Å². The molecule has 0 aliphatic carbocycles. The normalized spacial score (nSPS) is 13.7. The lowest BCUT2D eigenvalue weighted by molar-refractivity contribution is 0.379. The Hall–Kier alpha value is -1.11. The third-order valence-electron chi connectivity index (χ3n) is 2.70. The minimum absolute atomic E-state index is 0.0374. The molecule has 0 aliphatic heterocycles. The molecule has 1 atom stereocenters. The molecule has 19 heavy (non-hydrogen) atoms. The highest BCUT2D eigenvalue weighted by Crippen LogP contribution is 2.10. The van der Waals surface area contributed by atoms with Gasteiger partial charge in [-0.15, -0.1) is 0 Å². The Balaban J connectivity index is 2.56. The zero-order chi connectivity index (χ0) is 14.5. The zero-order valence-corrected chi connectivity index (χ0v) is 12.6. The third-order valence-corrected chi connectivity index (χ3v) is 4.17. The van der Waals surface area contributed by atoms with Crippen LogP contribution in [0.2, 0.25) is 0 Å². The van der Waals surface area contributed by atoms with E-state index in [9.17, 15) is 8.42 Å². The SMILES string of the molecule is CC(CCN(C)C)NS(=O)(=O)Cc1cccc(N)c1. The first kappa shape index (κ1) is 15.9. The number of nitrogen functional groups attached to an aromatic ring is 1. The summed E-state index contributed by atoms with van der Waals surface area (Å²) in [6.07, 6.45) is 0.781. The van der Waals surface area contributed by atoms with Crippen LogP contribution in [0.3, 0.4) is 0 Å². The second-order valence-electron chi connectivity index (χ2n) is 5.11. The predicted octanol–water partition coefficient (Wildman–Crippen LogP) is 1.03. The summed E-state index contributed by atoms with van der Waals surface area (Å²) in [5.74, 6) is -0.0374. The number of hydrogen-bond acceptors (Lipinski definition) is 4. The Morgan fingerprint density at radius 2 is 2.05 bits per heavy atom. The maximum Gasteiger partial charge on any atom is 0.216 e. The molecule has 1 rings (SSSR count). The molecule has 1 unspecified atom stereocenters. The van der Waals surface area contributed by atoms with Crippen molar-refractivity contribution in [3.8, 4) is 0 Å². The molecule has 0 aromatic heterocycles. The molecule has 0 heterocycles. The van der Waals surface area contributed by atoms with E-state index < -0.39 is 10.0 Å². The Labute approximate surface area is 115 Å². The van der Waals surface area contributed by atoms with Gasteiger partial charge in [-0.05, 0) is 51.7 Å². The maximum absolute atomic E-state index is 12.0. The number of nitrogens with one attached hydrogen (secondary N) is 1. The fraction of sp³-hybridized carbons (Fsp3) is 0.538. The van der Waals surface area contributed by atoms with Gasteiger partial charge < -0.3 is 10.6 Å². The Kier molecular flexibility index (Phi) is 5.78. The minimum atomic E-state index is -3.32. The molecule has 3 N–H and O–H groups in total. The highest BCUT2D eigenvalue weighted by atomic mass is 32.2. The highest BCUT2D eigenvalue weighted by Gasteiger charge is 2.15. The van der Waals surface area contributed by atoms with E-state index in [2.05, 4.69) is 4.72 Å². The average Bonchev–Trinajstić information content (AvgIpc) is 2.24. The van der Waals surface area contributed by atoms with Crippen molar-refractivity contribution in [3.63, 3.8) is 0 Å². The van der Waals surface area contributed by atoms with Crippen LogP contribution >= 0.6 is 0 Å². The quantitative estimate of drug-likeness (QED) is 0.734. The molecule has 5 nitrogen and oxygen atoms in total. The lowest BCUT2D eigenvalue weighted by Gasteiger charge is -2.16. The molecule has 0 bridgehead atoms. The fourth-order valence-electron chi connectivity index (χ4n) is 1.76. The molecule has 6 heteroatoms. The van der Waals surface area contributed by atoms with Crippen LogP contribution in [0.4, 0.5) is 5.69 Å². The second-order valence-corrected chi connectivity index (χ2v) is 6.87. The number of nitrogens with two attached hydrogens (primary N) is 1. The molecule has 0 amide bonds. The van der Waals surface area contributed by atoms with Crippen LogP contribution in [0.1, 0.15) is 18.9 Å². The van der Waals surface area contributed by atoms with E-state index >= 15 is 0 Å². The number of anilines is 1. The van der Waals surface area contributed by atoms with E-state index in [-0.39, 0.29) is 11.8 Å². The Morgan fingerprint density at radius 3 is 2.63 bits per heavy atom. The van der Waals surface area contributed by atoms with Crippen LogP contribution in [0.25, 0.3) is 0 Å². The summed E-state index contributed by atoms with van der Waals surface area (Å²) in [5, 5.41) is 0. The van der Waals surface area contributed by atoms with Crippen LogP contribution in [0, 0.1) is 0 Å². The van der Waals surface area contributed by atoms with E-state index in [0.29, 0.717) is 11.3 Å². The van der Waals surface area contributed by atoms with Gasteiger partial charge in [0.2, 0.25) is 10.0 Å². The van der Waals surface area contributed by atoms with Gasteiger partial charge >= 0.3 is 0 Å². The topological polar surface area (TPSA) is 75.4 Å². The van der Waals surface area contributed by atoms with Gasteiger partial charge in [-0.1, -0.05) is 12.1 Å². The van der Waals surface area contributed by atoms with Crippen LogP contribution < -0.4 is 10.5 Å². The van der Waals surface area contributed by atoms with Crippen molar-refractivity contribution in [2.45, 2.75) is 25.1 Å². The predicted molar refractivity (Wildman–Crippen MR) is 79.2 cm³/mol. The molecule has 1 aromatic carbocycles. The van der Waals surface area contributed by atoms with Gasteiger partial charge in [0.15, 0.2) is 0 Å². The smallest absolute Gasteiger partial charge is 0.216 e. The van der Waals surface area contributed by atoms with Gasteiger partial charge in [0, 0.05) is 11.7 Å². The van der Waals surface area contributed by atoms with Gasteiger partial charge in [-0.2, -0.15) is 0 Å². The molecule has 0 saturated carbocycles. The van der Waals surface area contributed by atoms with E-state index in [4.69, 9.17) is 5.73 Å². The van der Waals surface area contributed by atoms with Crippen molar-refractivity contribution in [1.82, 2.24) is 9.62 Å². The van der Waals surface area contributed by atoms with Crippen molar-refractivity contribution < 1.29 is 8.42 Å². The summed E-state index contributed by atoms with van der Waals surface area (Å²) >= 11 is 0. The summed E-state index contributed by atoms with van der Waals surface area (Å²) in [5.41, 5.74) is 6.92. The Bertz CT molecular complexity index is 500. The molecule has 108 valence electrons. The standard InChI is InChI=1S/C13H23N3O2S/c1-11(7-8-16(2)3)15-19(17,18)10-12-5-4-6-13(14)9-12/h4-6,9,11,15H,7-8,10,14H2,1-3H3. The number of nitrogens with zero attached hydrogens (tertiary/aromatic N) is 1. The zero-order valence-electron chi connectivity index (χ0n) is 11.8. The van der Waals surface area contributed by atoms with Gasteiger partial charge in [0.05, 0.1) is 5.75 Å².